The number of oxime groups is 1. The first kappa shape index (κ1) is 17.7. The minimum absolute atomic E-state index is 0.489. The van der Waals surface area contributed by atoms with Gasteiger partial charge in [0.15, 0.2) is 0 Å². The number of nitrogens with zero attached hydrogens (tertiary/aromatic N) is 3. The molecule has 1 aromatic heterocycles. The van der Waals surface area contributed by atoms with Crippen LogP contribution in [-0.4, -0.2) is 59.3 Å². The molecule has 2 N–H and O–H groups in total. The van der Waals surface area contributed by atoms with Gasteiger partial charge in [-0.1, -0.05) is 17.3 Å². The van der Waals surface area contributed by atoms with E-state index in [-0.39, 0.29) is 0 Å². The summed E-state index contributed by atoms with van der Waals surface area (Å²) in [4.78, 5) is 28.5. The normalized spacial score (nSPS) is 12.4. The van der Waals surface area contributed by atoms with Gasteiger partial charge in [0, 0.05) is 6.42 Å². The molecule has 0 radical (unpaired) electrons. The van der Waals surface area contributed by atoms with Crippen LogP contribution in [0.2, 0.25) is 0 Å². The van der Waals surface area contributed by atoms with Crippen molar-refractivity contribution in [3.05, 3.63) is 50.8 Å². The van der Waals surface area contributed by atoms with E-state index in [1.165, 1.54) is 0 Å². The van der Waals surface area contributed by atoms with Gasteiger partial charge in [-0.3, -0.25) is 0 Å². The molecule has 2 aromatic rings. The molecule has 0 aliphatic rings. The van der Waals surface area contributed by atoms with Gasteiger partial charge in [0.25, 0.3) is 0 Å². The third-order valence-electron chi connectivity index (χ3n) is 3.49. The summed E-state index contributed by atoms with van der Waals surface area (Å²) in [5.74, 6) is 0. The lowest BCUT2D eigenvalue weighted by molar-refractivity contribution is -0.870. The van der Waals surface area contributed by atoms with Crippen LogP contribution < -0.4 is 11.4 Å². The number of benzene rings is 1. The lowest BCUT2D eigenvalue weighted by Gasteiger charge is -2.23. The van der Waals surface area contributed by atoms with Gasteiger partial charge in [-0.05, 0) is 24.6 Å². The van der Waals surface area contributed by atoms with E-state index in [2.05, 4.69) is 36.5 Å². The van der Waals surface area contributed by atoms with E-state index in [0.717, 1.165) is 33.3 Å². The number of hydrogen-bond donors (Lipinski definition) is 2. The molecule has 0 spiro atoms. The Morgan fingerprint density at radius 2 is 1.71 bits per heavy atom. The molecular weight excluding hydrogens is 310 g/mol. The van der Waals surface area contributed by atoms with Crippen LogP contribution in [0.3, 0.4) is 0 Å². The second kappa shape index (κ2) is 7.31. The highest BCUT2D eigenvalue weighted by atomic mass is 16.6. The summed E-state index contributed by atoms with van der Waals surface area (Å²) >= 11 is 0. The van der Waals surface area contributed by atoms with Crippen molar-refractivity contribution in [2.24, 2.45) is 5.16 Å². The Hall–Kier alpha value is -2.61. The fraction of sp³-hybridized carbons (Fsp3) is 0.438. The van der Waals surface area contributed by atoms with Crippen LogP contribution in [-0.2, 0) is 4.84 Å². The predicted octanol–water partition coefficient (Wildman–Crippen LogP) is 0.691. The number of hydrogen-bond acceptors (Lipinski definition) is 4. The van der Waals surface area contributed by atoms with Crippen LogP contribution in [0.4, 0.5) is 0 Å². The molecule has 0 unspecified atom stereocenters. The molecule has 0 atom stereocenters. The number of quaternary nitrogens is 1. The first-order chi connectivity index (χ1) is 11.3. The topological polar surface area (TPSA) is 92.2 Å². The largest absolute Gasteiger partial charge is 0.395 e. The molecule has 24 heavy (non-hydrogen) atoms. The highest BCUT2D eigenvalue weighted by Crippen LogP contribution is 2.08. The smallest absolute Gasteiger partial charge is 0.348 e. The van der Waals surface area contributed by atoms with Crippen LogP contribution >= 0.6 is 0 Å². The molecular formula is C16H24N5O3+. The number of aromatic nitrogens is 3. The molecule has 130 valence electrons. The summed E-state index contributed by atoms with van der Waals surface area (Å²) < 4.78 is 1.92. The summed E-state index contributed by atoms with van der Waals surface area (Å²) in [6, 6.07) is 6.97. The van der Waals surface area contributed by atoms with Gasteiger partial charge >= 0.3 is 11.4 Å². The number of nitrogens with one attached hydrogen (secondary N) is 2. The summed E-state index contributed by atoms with van der Waals surface area (Å²) in [6.45, 7) is 3.44. The molecule has 8 nitrogen and oxygen atoms in total. The maximum atomic E-state index is 11.6. The van der Waals surface area contributed by atoms with Crippen LogP contribution in [0.15, 0.2) is 39.0 Å². The molecule has 0 aliphatic heterocycles. The average molecular weight is 334 g/mol. The molecule has 0 saturated carbocycles. The van der Waals surface area contributed by atoms with Gasteiger partial charge < -0.3 is 9.32 Å². The van der Waals surface area contributed by atoms with Crippen LogP contribution in [0.5, 0.6) is 0 Å². The van der Waals surface area contributed by atoms with Crippen molar-refractivity contribution in [3.8, 4) is 5.69 Å². The zero-order chi connectivity index (χ0) is 17.7. The van der Waals surface area contributed by atoms with Gasteiger partial charge in [0.05, 0.1) is 39.1 Å². The van der Waals surface area contributed by atoms with E-state index in [9.17, 15) is 9.59 Å². The Morgan fingerprint density at radius 1 is 1.12 bits per heavy atom. The van der Waals surface area contributed by atoms with Crippen LogP contribution in [0, 0.1) is 0 Å². The van der Waals surface area contributed by atoms with Crippen LogP contribution in [0.25, 0.3) is 5.69 Å². The molecule has 0 bridgehead atoms. The SMILES string of the molecule is CC(=NOCCC[N+](C)(C)C)c1ccc(-n2c(=O)[nH][nH]c2=O)cc1. The summed E-state index contributed by atoms with van der Waals surface area (Å²) in [5.41, 5.74) is 1.09. The molecule has 1 aromatic carbocycles. The molecule has 0 saturated heterocycles. The van der Waals surface area contributed by atoms with Crippen molar-refractivity contribution in [2.45, 2.75) is 13.3 Å². The molecule has 0 amide bonds. The molecule has 2 rings (SSSR count). The van der Waals surface area contributed by atoms with E-state index < -0.39 is 11.4 Å². The van der Waals surface area contributed by atoms with Crippen LogP contribution in [0.1, 0.15) is 18.9 Å². The predicted molar refractivity (Wildman–Crippen MR) is 92.7 cm³/mol. The van der Waals surface area contributed by atoms with Gasteiger partial charge in [-0.2, -0.15) is 0 Å². The Bertz CT molecular complexity index is 778. The molecule has 8 heteroatoms. The standard InChI is InChI=1S/C16H23N5O3/c1-12(19-24-11-5-10-21(2,3)4)13-6-8-14(9-7-13)20-15(22)17-18-16(20)23/h6-9H,5,10-11H2,1-4H3,(H-,17,18,22,23)/p+1. The first-order valence-corrected chi connectivity index (χ1v) is 7.75. The Balaban J connectivity index is 1.99. The number of H-pyrrole nitrogens is 2. The second-order valence-corrected chi connectivity index (χ2v) is 6.62. The number of aromatic amines is 2. The lowest BCUT2D eigenvalue weighted by Crippen LogP contribution is -2.35. The monoisotopic (exact) mass is 334 g/mol. The quantitative estimate of drug-likeness (QED) is 0.338. The zero-order valence-electron chi connectivity index (χ0n) is 14.5. The first-order valence-electron chi connectivity index (χ1n) is 7.75. The zero-order valence-corrected chi connectivity index (χ0v) is 14.5. The van der Waals surface area contributed by atoms with Gasteiger partial charge in [0.1, 0.15) is 6.61 Å². The summed E-state index contributed by atoms with van der Waals surface area (Å²) in [7, 11) is 6.41. The molecule has 0 aliphatic carbocycles. The minimum Gasteiger partial charge on any atom is -0.395 e. The maximum Gasteiger partial charge on any atom is 0.348 e. The Kier molecular flexibility index (Phi) is 5.40. The Labute approximate surface area is 139 Å². The van der Waals surface area contributed by atoms with Crippen molar-refractivity contribution in [1.82, 2.24) is 14.8 Å². The third kappa shape index (κ3) is 4.69. The third-order valence-corrected chi connectivity index (χ3v) is 3.49. The highest BCUT2D eigenvalue weighted by Gasteiger charge is 2.07. The highest BCUT2D eigenvalue weighted by molar-refractivity contribution is 5.98. The fourth-order valence-corrected chi connectivity index (χ4v) is 2.20. The van der Waals surface area contributed by atoms with Crippen molar-refractivity contribution in [1.29, 1.82) is 0 Å². The van der Waals surface area contributed by atoms with E-state index in [1.807, 2.05) is 6.92 Å². The van der Waals surface area contributed by atoms with Gasteiger partial charge in [-0.25, -0.2) is 24.4 Å². The Morgan fingerprint density at radius 3 is 2.25 bits per heavy atom. The molecule has 0 fully saturated rings. The summed E-state index contributed by atoms with van der Waals surface area (Å²) in [5, 5.41) is 8.60. The minimum atomic E-state index is -0.501. The molecule has 1 heterocycles. The van der Waals surface area contributed by atoms with Crippen molar-refractivity contribution < 1.29 is 9.32 Å². The van der Waals surface area contributed by atoms with E-state index >= 15 is 0 Å². The maximum absolute atomic E-state index is 11.6. The lowest BCUT2D eigenvalue weighted by atomic mass is 10.1. The van der Waals surface area contributed by atoms with E-state index in [4.69, 9.17) is 4.84 Å². The van der Waals surface area contributed by atoms with Crippen molar-refractivity contribution >= 4 is 5.71 Å². The van der Waals surface area contributed by atoms with E-state index in [0.29, 0.717) is 12.3 Å². The second-order valence-electron chi connectivity index (χ2n) is 6.62. The van der Waals surface area contributed by atoms with Gasteiger partial charge in [-0.15, -0.1) is 0 Å². The average Bonchev–Trinajstić information content (AvgIpc) is 2.85. The van der Waals surface area contributed by atoms with Crippen molar-refractivity contribution in [2.75, 3.05) is 34.3 Å². The fourth-order valence-electron chi connectivity index (χ4n) is 2.20. The van der Waals surface area contributed by atoms with E-state index in [1.54, 1.807) is 24.3 Å². The van der Waals surface area contributed by atoms with Gasteiger partial charge in [0.2, 0.25) is 0 Å². The number of rotatable bonds is 7. The summed E-state index contributed by atoms with van der Waals surface area (Å²) in [6.07, 6.45) is 0.929. The van der Waals surface area contributed by atoms with Crippen molar-refractivity contribution in [3.63, 3.8) is 0 Å².